The van der Waals surface area contributed by atoms with Gasteiger partial charge in [0.15, 0.2) is 0 Å². The first-order valence-corrected chi connectivity index (χ1v) is 5.06. The zero-order valence-electron chi connectivity index (χ0n) is 8.91. The van der Waals surface area contributed by atoms with E-state index >= 15 is 0 Å². The summed E-state index contributed by atoms with van der Waals surface area (Å²) < 4.78 is 1.77. The van der Waals surface area contributed by atoms with Crippen molar-refractivity contribution in [2.45, 2.75) is 12.5 Å². The zero-order chi connectivity index (χ0) is 12.3. The van der Waals surface area contributed by atoms with Crippen LogP contribution in [0.3, 0.4) is 0 Å². The number of carbonyl (C=O) groups is 2. The maximum Gasteiger partial charge on any atom is 0.305 e. The predicted octanol–water partition coefficient (Wildman–Crippen LogP) is 0.596. The summed E-state index contributed by atoms with van der Waals surface area (Å²) in [7, 11) is 0. The van der Waals surface area contributed by atoms with Crippen LogP contribution in [0.15, 0.2) is 30.6 Å². The van der Waals surface area contributed by atoms with Gasteiger partial charge in [0, 0.05) is 12.4 Å². The highest BCUT2D eigenvalue weighted by atomic mass is 16.4. The highest BCUT2D eigenvalue weighted by Gasteiger charge is 2.17. The normalized spacial score (nSPS) is 12.2. The smallest absolute Gasteiger partial charge is 0.305 e. The second kappa shape index (κ2) is 4.65. The molecule has 17 heavy (non-hydrogen) atoms. The van der Waals surface area contributed by atoms with Crippen LogP contribution in [0.5, 0.6) is 0 Å². The zero-order valence-corrected chi connectivity index (χ0v) is 8.91. The van der Waals surface area contributed by atoms with Crippen LogP contribution >= 0.6 is 0 Å². The van der Waals surface area contributed by atoms with E-state index < -0.39 is 12.0 Å². The second-order valence-corrected chi connectivity index (χ2v) is 3.57. The number of aliphatic carboxylic acids is 1. The minimum absolute atomic E-state index is 0.192. The molecule has 2 rings (SSSR count). The third kappa shape index (κ3) is 2.41. The molecule has 0 bridgehead atoms. The van der Waals surface area contributed by atoms with Gasteiger partial charge in [-0.25, -0.2) is 4.98 Å². The molecule has 0 fully saturated rings. The fourth-order valence-electron chi connectivity index (χ4n) is 1.63. The monoisotopic (exact) mass is 233 g/mol. The van der Waals surface area contributed by atoms with Crippen molar-refractivity contribution in [3.05, 3.63) is 36.3 Å². The molecule has 88 valence electrons. The summed E-state index contributed by atoms with van der Waals surface area (Å²) in [5.41, 5.74) is 1.25. The minimum atomic E-state index is -0.985. The Hall–Kier alpha value is -2.37. The van der Waals surface area contributed by atoms with E-state index in [9.17, 15) is 9.59 Å². The van der Waals surface area contributed by atoms with Crippen LogP contribution in [0.25, 0.3) is 5.65 Å². The maximum atomic E-state index is 10.7. The molecule has 1 atom stereocenters. The van der Waals surface area contributed by atoms with E-state index in [1.165, 1.54) is 0 Å². The highest BCUT2D eigenvalue weighted by Crippen LogP contribution is 2.16. The van der Waals surface area contributed by atoms with Crippen molar-refractivity contribution in [1.82, 2.24) is 14.7 Å². The molecule has 6 heteroatoms. The summed E-state index contributed by atoms with van der Waals surface area (Å²) in [6, 6.07) is 4.89. The summed E-state index contributed by atoms with van der Waals surface area (Å²) in [4.78, 5) is 25.4. The van der Waals surface area contributed by atoms with Crippen molar-refractivity contribution in [3.63, 3.8) is 0 Å². The molecule has 1 amide bonds. The average molecular weight is 233 g/mol. The standard InChI is InChI=1S/C11H11N3O3/c15-7-12-8(5-11(16)17)9-6-14-4-2-1-3-10(14)13-9/h1-4,6-8H,5H2,(H,12,15)(H,16,17)/t8-/m0/s1. The molecular weight excluding hydrogens is 222 g/mol. The Balaban J connectivity index is 2.34. The molecule has 0 aliphatic heterocycles. The number of carboxylic acids is 1. The quantitative estimate of drug-likeness (QED) is 0.740. The number of nitrogens with zero attached hydrogens (tertiary/aromatic N) is 2. The number of aromatic nitrogens is 2. The van der Waals surface area contributed by atoms with Gasteiger partial charge in [0.1, 0.15) is 5.65 Å². The lowest BCUT2D eigenvalue weighted by molar-refractivity contribution is -0.137. The number of amides is 1. The predicted molar refractivity (Wildman–Crippen MR) is 59.4 cm³/mol. The van der Waals surface area contributed by atoms with Gasteiger partial charge >= 0.3 is 5.97 Å². The van der Waals surface area contributed by atoms with Gasteiger partial charge in [-0.2, -0.15) is 0 Å². The molecule has 2 heterocycles. The Morgan fingerprint density at radius 2 is 2.41 bits per heavy atom. The van der Waals surface area contributed by atoms with Crippen molar-refractivity contribution in [2.24, 2.45) is 0 Å². The van der Waals surface area contributed by atoms with Crippen LogP contribution in [-0.4, -0.2) is 26.9 Å². The number of rotatable bonds is 5. The number of imidazole rings is 1. The van der Waals surface area contributed by atoms with Gasteiger partial charge in [-0.3, -0.25) is 9.59 Å². The largest absolute Gasteiger partial charge is 0.481 e. The van der Waals surface area contributed by atoms with Crippen LogP contribution in [0, 0.1) is 0 Å². The molecule has 0 radical (unpaired) electrons. The van der Waals surface area contributed by atoms with Gasteiger partial charge < -0.3 is 14.8 Å². The van der Waals surface area contributed by atoms with Gasteiger partial charge in [0.05, 0.1) is 18.2 Å². The van der Waals surface area contributed by atoms with Crippen LogP contribution in [0.1, 0.15) is 18.2 Å². The molecule has 0 aromatic carbocycles. The second-order valence-electron chi connectivity index (χ2n) is 3.57. The third-order valence-corrected chi connectivity index (χ3v) is 2.39. The van der Waals surface area contributed by atoms with Crippen LogP contribution in [-0.2, 0) is 9.59 Å². The van der Waals surface area contributed by atoms with E-state index in [0.717, 1.165) is 0 Å². The number of hydrogen-bond acceptors (Lipinski definition) is 3. The molecule has 2 aromatic heterocycles. The summed E-state index contributed by atoms with van der Waals surface area (Å²) in [6.07, 6.45) is 3.81. The number of fused-ring (bicyclic) bond motifs is 1. The van der Waals surface area contributed by atoms with Gasteiger partial charge in [-0.15, -0.1) is 0 Å². The Bertz CT molecular complexity index is 517. The van der Waals surface area contributed by atoms with Gasteiger partial charge in [0.2, 0.25) is 6.41 Å². The number of nitrogens with one attached hydrogen (secondary N) is 1. The van der Waals surface area contributed by atoms with E-state index in [4.69, 9.17) is 5.11 Å². The lowest BCUT2D eigenvalue weighted by atomic mass is 10.1. The third-order valence-electron chi connectivity index (χ3n) is 2.39. The Labute approximate surface area is 96.9 Å². The summed E-state index contributed by atoms with van der Waals surface area (Å²) >= 11 is 0. The molecule has 0 saturated carbocycles. The number of hydrogen-bond donors (Lipinski definition) is 2. The van der Waals surface area contributed by atoms with Crippen molar-refractivity contribution < 1.29 is 14.7 Å². The Kier molecular flexibility index (Phi) is 3.04. The fourth-order valence-corrected chi connectivity index (χ4v) is 1.63. The topological polar surface area (TPSA) is 83.7 Å². The lowest BCUT2D eigenvalue weighted by Gasteiger charge is -2.09. The van der Waals surface area contributed by atoms with Gasteiger partial charge in [-0.1, -0.05) is 6.07 Å². The van der Waals surface area contributed by atoms with E-state index in [0.29, 0.717) is 17.8 Å². The maximum absolute atomic E-state index is 10.7. The Morgan fingerprint density at radius 1 is 1.59 bits per heavy atom. The average Bonchev–Trinajstić information content (AvgIpc) is 2.71. The summed E-state index contributed by atoms with van der Waals surface area (Å²) in [5.74, 6) is -0.985. The van der Waals surface area contributed by atoms with Crippen molar-refractivity contribution in [2.75, 3.05) is 0 Å². The molecule has 2 aromatic rings. The minimum Gasteiger partial charge on any atom is -0.481 e. The highest BCUT2D eigenvalue weighted by molar-refractivity contribution is 5.68. The van der Waals surface area contributed by atoms with Gasteiger partial charge in [-0.05, 0) is 12.1 Å². The molecule has 6 nitrogen and oxygen atoms in total. The number of pyridine rings is 1. The molecule has 0 spiro atoms. The molecule has 0 saturated heterocycles. The first-order valence-electron chi connectivity index (χ1n) is 5.06. The molecule has 0 unspecified atom stereocenters. The first-order chi connectivity index (χ1) is 8.20. The van der Waals surface area contributed by atoms with Crippen molar-refractivity contribution in [3.8, 4) is 0 Å². The van der Waals surface area contributed by atoms with E-state index in [1.54, 1.807) is 10.6 Å². The molecule has 0 aliphatic carbocycles. The van der Waals surface area contributed by atoms with Crippen molar-refractivity contribution >= 4 is 18.0 Å². The summed E-state index contributed by atoms with van der Waals surface area (Å²) in [6.45, 7) is 0. The van der Waals surface area contributed by atoms with E-state index in [1.807, 2.05) is 24.4 Å². The summed E-state index contributed by atoms with van der Waals surface area (Å²) in [5, 5.41) is 11.2. The first kappa shape index (κ1) is 11.1. The SMILES string of the molecule is O=CN[C@@H](CC(=O)O)c1cn2ccccc2n1. The van der Waals surface area contributed by atoms with Crippen LogP contribution < -0.4 is 5.32 Å². The number of carboxylic acid groups (broad SMARTS) is 1. The van der Waals surface area contributed by atoms with Crippen LogP contribution in [0.4, 0.5) is 0 Å². The van der Waals surface area contributed by atoms with E-state index in [-0.39, 0.29) is 6.42 Å². The van der Waals surface area contributed by atoms with E-state index in [2.05, 4.69) is 10.3 Å². The number of carbonyl (C=O) groups excluding carboxylic acids is 1. The molecular formula is C11H11N3O3. The van der Waals surface area contributed by atoms with Crippen molar-refractivity contribution in [1.29, 1.82) is 0 Å². The van der Waals surface area contributed by atoms with Crippen LogP contribution in [0.2, 0.25) is 0 Å². The lowest BCUT2D eigenvalue weighted by Crippen LogP contribution is -2.22. The molecule has 2 N–H and O–H groups in total. The Morgan fingerprint density at radius 3 is 3.06 bits per heavy atom. The fraction of sp³-hybridized carbons (Fsp3) is 0.182. The molecule has 0 aliphatic rings. The van der Waals surface area contributed by atoms with Gasteiger partial charge in [0.25, 0.3) is 0 Å².